The van der Waals surface area contributed by atoms with Crippen LogP contribution in [0.25, 0.3) is 0 Å². The molecule has 1 aromatic carbocycles. The molecule has 0 spiro atoms. The molecule has 0 aliphatic heterocycles. The molecule has 0 radical (unpaired) electrons. The van der Waals surface area contributed by atoms with Crippen molar-refractivity contribution in [3.8, 4) is 0 Å². The van der Waals surface area contributed by atoms with Gasteiger partial charge >= 0.3 is 12.0 Å². The fourth-order valence-electron chi connectivity index (χ4n) is 2.50. The molecule has 2 atom stereocenters. The molecule has 2 N–H and O–H groups in total. The van der Waals surface area contributed by atoms with Crippen LogP contribution in [0.4, 0.5) is 4.79 Å². The van der Waals surface area contributed by atoms with Gasteiger partial charge in [-0.05, 0) is 26.2 Å². The molecule has 1 aromatic rings. The summed E-state index contributed by atoms with van der Waals surface area (Å²) in [7, 11) is 0. The van der Waals surface area contributed by atoms with Crippen LogP contribution in [0.5, 0.6) is 0 Å². The first kappa shape index (κ1) is 17.7. The van der Waals surface area contributed by atoms with E-state index in [9.17, 15) is 14.4 Å². The van der Waals surface area contributed by atoms with Crippen LogP contribution in [-0.4, -0.2) is 24.5 Å². The molecule has 128 valence electrons. The zero-order valence-electron chi connectivity index (χ0n) is 13.7. The van der Waals surface area contributed by atoms with Crippen LogP contribution in [0, 0.1) is 5.92 Å². The quantitative estimate of drug-likeness (QED) is 0.641. The van der Waals surface area contributed by atoms with Crippen molar-refractivity contribution in [3.05, 3.63) is 48.0 Å². The molecule has 0 heterocycles. The van der Waals surface area contributed by atoms with Crippen molar-refractivity contribution in [1.82, 2.24) is 10.6 Å². The number of nitrogens with one attached hydrogen (secondary N) is 2. The highest BCUT2D eigenvalue weighted by Crippen LogP contribution is 2.24. The summed E-state index contributed by atoms with van der Waals surface area (Å²) in [5.41, 5.74) is 0.527. The van der Waals surface area contributed by atoms with Gasteiger partial charge in [0.2, 0.25) is 6.10 Å². The minimum absolute atomic E-state index is 0.251. The Labute approximate surface area is 141 Å². The fourth-order valence-corrected chi connectivity index (χ4v) is 2.50. The summed E-state index contributed by atoms with van der Waals surface area (Å²) in [6.07, 6.45) is 4.96. The highest BCUT2D eigenvalue weighted by molar-refractivity contribution is 5.97. The number of imide groups is 1. The van der Waals surface area contributed by atoms with E-state index in [4.69, 9.17) is 4.74 Å². The zero-order valence-corrected chi connectivity index (χ0v) is 13.7. The number of ether oxygens (including phenoxy) is 1. The Morgan fingerprint density at radius 3 is 2.58 bits per heavy atom. The molecule has 0 fully saturated rings. The SMILES string of the molecule is CCNC(=O)NC(=O)[C@@H](OC(=O)[C@@H]1CC=CCC1)c1ccccc1. The summed E-state index contributed by atoms with van der Waals surface area (Å²) in [6.45, 7) is 2.14. The van der Waals surface area contributed by atoms with Gasteiger partial charge in [0.1, 0.15) is 0 Å². The van der Waals surface area contributed by atoms with Crippen LogP contribution < -0.4 is 10.6 Å². The van der Waals surface area contributed by atoms with E-state index in [1.165, 1.54) is 0 Å². The molecule has 1 aliphatic rings. The number of amides is 3. The van der Waals surface area contributed by atoms with E-state index in [2.05, 4.69) is 10.6 Å². The second kappa shape index (κ2) is 8.86. The third-order valence-electron chi connectivity index (χ3n) is 3.75. The number of benzene rings is 1. The molecule has 0 saturated carbocycles. The number of esters is 1. The number of allylic oxidation sites excluding steroid dienone is 2. The Hall–Kier alpha value is -2.63. The van der Waals surface area contributed by atoms with Gasteiger partial charge in [0.25, 0.3) is 5.91 Å². The van der Waals surface area contributed by atoms with E-state index in [0.717, 1.165) is 6.42 Å². The first-order chi connectivity index (χ1) is 11.6. The van der Waals surface area contributed by atoms with Crippen LogP contribution in [-0.2, 0) is 14.3 Å². The van der Waals surface area contributed by atoms with E-state index >= 15 is 0 Å². The smallest absolute Gasteiger partial charge is 0.321 e. The molecule has 1 aliphatic carbocycles. The van der Waals surface area contributed by atoms with Crippen LogP contribution >= 0.6 is 0 Å². The second-order valence-corrected chi connectivity index (χ2v) is 5.56. The Morgan fingerprint density at radius 1 is 1.21 bits per heavy atom. The van der Waals surface area contributed by atoms with E-state index < -0.39 is 24.0 Å². The van der Waals surface area contributed by atoms with Crippen LogP contribution in [0.2, 0.25) is 0 Å². The highest BCUT2D eigenvalue weighted by Gasteiger charge is 2.29. The highest BCUT2D eigenvalue weighted by atomic mass is 16.5. The van der Waals surface area contributed by atoms with E-state index in [-0.39, 0.29) is 5.92 Å². The van der Waals surface area contributed by atoms with Crippen molar-refractivity contribution >= 4 is 17.9 Å². The summed E-state index contributed by atoms with van der Waals surface area (Å²) in [4.78, 5) is 36.3. The molecule has 6 nitrogen and oxygen atoms in total. The van der Waals surface area contributed by atoms with Crippen LogP contribution in [0.1, 0.15) is 37.9 Å². The second-order valence-electron chi connectivity index (χ2n) is 5.56. The van der Waals surface area contributed by atoms with Gasteiger partial charge in [0.05, 0.1) is 5.92 Å². The number of carbonyl (C=O) groups is 3. The molecule has 3 amide bonds. The summed E-state index contributed by atoms with van der Waals surface area (Å²) in [6, 6.07) is 8.07. The first-order valence-electron chi connectivity index (χ1n) is 8.11. The lowest BCUT2D eigenvalue weighted by molar-refractivity contribution is -0.160. The lowest BCUT2D eigenvalue weighted by Crippen LogP contribution is -2.43. The average molecular weight is 330 g/mol. The maximum Gasteiger partial charge on any atom is 0.321 e. The van der Waals surface area contributed by atoms with Crippen molar-refractivity contribution in [2.75, 3.05) is 6.54 Å². The fraction of sp³-hybridized carbons (Fsp3) is 0.389. The van der Waals surface area contributed by atoms with Gasteiger partial charge in [-0.25, -0.2) is 4.79 Å². The van der Waals surface area contributed by atoms with Gasteiger partial charge in [-0.15, -0.1) is 0 Å². The van der Waals surface area contributed by atoms with Crippen molar-refractivity contribution < 1.29 is 19.1 Å². The van der Waals surface area contributed by atoms with Crippen molar-refractivity contribution in [3.63, 3.8) is 0 Å². The van der Waals surface area contributed by atoms with Crippen LogP contribution in [0.15, 0.2) is 42.5 Å². The summed E-state index contributed by atoms with van der Waals surface area (Å²) >= 11 is 0. The Kier molecular flexibility index (Phi) is 6.54. The normalized spacial score (nSPS) is 17.6. The molecular weight excluding hydrogens is 308 g/mol. The zero-order chi connectivity index (χ0) is 17.4. The maximum atomic E-state index is 12.4. The number of urea groups is 1. The molecule has 0 unspecified atom stereocenters. The lowest BCUT2D eigenvalue weighted by atomic mass is 9.94. The number of rotatable bonds is 5. The van der Waals surface area contributed by atoms with Crippen molar-refractivity contribution in [2.24, 2.45) is 5.92 Å². The summed E-state index contributed by atoms with van der Waals surface area (Å²) in [5.74, 6) is -1.33. The van der Waals surface area contributed by atoms with Crippen molar-refractivity contribution in [1.29, 1.82) is 0 Å². The van der Waals surface area contributed by atoms with Crippen molar-refractivity contribution in [2.45, 2.75) is 32.3 Å². The average Bonchev–Trinajstić information content (AvgIpc) is 2.61. The van der Waals surface area contributed by atoms with Gasteiger partial charge in [0.15, 0.2) is 0 Å². The van der Waals surface area contributed by atoms with E-state index in [0.29, 0.717) is 24.9 Å². The largest absolute Gasteiger partial charge is 0.447 e. The number of hydrogen-bond acceptors (Lipinski definition) is 4. The van der Waals surface area contributed by atoms with Gasteiger partial charge < -0.3 is 10.1 Å². The van der Waals surface area contributed by atoms with Crippen LogP contribution in [0.3, 0.4) is 0 Å². The topological polar surface area (TPSA) is 84.5 Å². The number of carbonyl (C=O) groups excluding carboxylic acids is 3. The standard InChI is InChI=1S/C18H22N2O4/c1-2-19-18(23)20-16(21)15(13-9-5-3-6-10-13)24-17(22)14-11-7-4-8-12-14/h3-7,9-10,14-15H,2,8,11-12H2,1H3,(H2,19,20,21,23)/t14-,15+/m1/s1. The maximum absolute atomic E-state index is 12.4. The molecule has 0 saturated heterocycles. The Morgan fingerprint density at radius 2 is 1.96 bits per heavy atom. The summed E-state index contributed by atoms with van der Waals surface area (Å²) in [5, 5.41) is 4.69. The minimum Gasteiger partial charge on any atom is -0.447 e. The van der Waals surface area contributed by atoms with Gasteiger partial charge in [-0.1, -0.05) is 42.5 Å². The molecule has 24 heavy (non-hydrogen) atoms. The molecule has 0 bridgehead atoms. The third kappa shape index (κ3) is 4.94. The summed E-state index contributed by atoms with van der Waals surface area (Å²) < 4.78 is 5.45. The number of hydrogen-bond donors (Lipinski definition) is 2. The minimum atomic E-state index is -1.15. The van der Waals surface area contributed by atoms with E-state index in [1.54, 1.807) is 37.3 Å². The Bertz CT molecular complexity index is 613. The molecule has 2 rings (SSSR count). The third-order valence-corrected chi connectivity index (χ3v) is 3.75. The predicted molar refractivity (Wildman–Crippen MR) is 89.0 cm³/mol. The van der Waals surface area contributed by atoms with Gasteiger partial charge in [0, 0.05) is 12.1 Å². The predicted octanol–water partition coefficient (Wildman–Crippen LogP) is 2.47. The lowest BCUT2D eigenvalue weighted by Gasteiger charge is -2.22. The van der Waals surface area contributed by atoms with Gasteiger partial charge in [-0.2, -0.15) is 0 Å². The molecular formula is C18H22N2O4. The first-order valence-corrected chi connectivity index (χ1v) is 8.11. The Balaban J connectivity index is 2.11. The van der Waals surface area contributed by atoms with E-state index in [1.807, 2.05) is 12.2 Å². The molecule has 6 heteroatoms. The molecule has 0 aromatic heterocycles. The van der Waals surface area contributed by atoms with Gasteiger partial charge in [-0.3, -0.25) is 14.9 Å². The monoisotopic (exact) mass is 330 g/mol.